The van der Waals surface area contributed by atoms with Crippen LogP contribution in [0.4, 0.5) is 5.69 Å². The molecule has 0 bridgehead atoms. The van der Waals surface area contributed by atoms with Crippen LogP contribution < -0.4 is 10.1 Å². The van der Waals surface area contributed by atoms with Crippen LogP contribution >= 0.6 is 0 Å². The van der Waals surface area contributed by atoms with Crippen LogP contribution in [0.25, 0.3) is 0 Å². The Kier molecular flexibility index (Phi) is 6.30. The van der Waals surface area contributed by atoms with Crippen molar-refractivity contribution < 1.29 is 24.0 Å². The lowest BCUT2D eigenvalue weighted by atomic mass is 10.2. The van der Waals surface area contributed by atoms with Crippen LogP contribution in [0.15, 0.2) is 18.2 Å². The van der Waals surface area contributed by atoms with Crippen LogP contribution in [0.3, 0.4) is 0 Å². The van der Waals surface area contributed by atoms with Crippen molar-refractivity contribution in [2.75, 3.05) is 13.7 Å². The predicted molar refractivity (Wildman–Crippen MR) is 77.8 cm³/mol. The Labute approximate surface area is 127 Å². The third-order valence-corrected chi connectivity index (χ3v) is 2.97. The number of methoxy groups -OCH3 is 1. The van der Waals surface area contributed by atoms with Gasteiger partial charge >= 0.3 is 11.7 Å². The highest BCUT2D eigenvalue weighted by Crippen LogP contribution is 2.27. The summed E-state index contributed by atoms with van der Waals surface area (Å²) in [6.45, 7) is 3.29. The SMILES string of the molecule is CC[C@@H](C)NC(=O)COC(=O)c1ccc(OC)c([N+](=O)[O-])c1. The van der Waals surface area contributed by atoms with Crippen molar-refractivity contribution in [3.63, 3.8) is 0 Å². The summed E-state index contributed by atoms with van der Waals surface area (Å²) in [6, 6.07) is 3.66. The zero-order chi connectivity index (χ0) is 16.7. The van der Waals surface area contributed by atoms with Crippen molar-refractivity contribution in [3.05, 3.63) is 33.9 Å². The van der Waals surface area contributed by atoms with Crippen LogP contribution in [0, 0.1) is 10.1 Å². The zero-order valence-electron chi connectivity index (χ0n) is 12.6. The molecule has 1 atom stereocenters. The van der Waals surface area contributed by atoms with E-state index < -0.39 is 23.4 Å². The summed E-state index contributed by atoms with van der Waals surface area (Å²) in [6.07, 6.45) is 0.754. The molecule has 8 nitrogen and oxygen atoms in total. The van der Waals surface area contributed by atoms with Crippen molar-refractivity contribution in [3.8, 4) is 5.75 Å². The number of amides is 1. The molecule has 0 aliphatic rings. The summed E-state index contributed by atoms with van der Waals surface area (Å²) in [5, 5.41) is 13.5. The van der Waals surface area contributed by atoms with Crippen LogP contribution in [-0.2, 0) is 9.53 Å². The number of carbonyl (C=O) groups is 2. The predicted octanol–water partition coefficient (Wildman–Crippen LogP) is 1.67. The number of hydrogen-bond acceptors (Lipinski definition) is 6. The number of benzene rings is 1. The first-order chi connectivity index (χ1) is 10.4. The summed E-state index contributed by atoms with van der Waals surface area (Å²) in [5.74, 6) is -1.20. The number of nitrogens with one attached hydrogen (secondary N) is 1. The molecule has 1 amide bonds. The van der Waals surface area contributed by atoms with Gasteiger partial charge in [-0.3, -0.25) is 14.9 Å². The quantitative estimate of drug-likeness (QED) is 0.466. The second-order valence-corrected chi connectivity index (χ2v) is 4.60. The first-order valence-corrected chi connectivity index (χ1v) is 6.68. The van der Waals surface area contributed by atoms with Crippen molar-refractivity contribution >= 4 is 17.6 Å². The molecule has 1 aromatic carbocycles. The Morgan fingerprint density at radius 2 is 2.09 bits per heavy atom. The summed E-state index contributed by atoms with van der Waals surface area (Å²) in [7, 11) is 1.29. The number of carbonyl (C=O) groups excluding carboxylic acids is 2. The second kappa shape index (κ2) is 7.96. The molecule has 0 unspecified atom stereocenters. The molecule has 0 saturated heterocycles. The van der Waals surface area contributed by atoms with Crippen molar-refractivity contribution in [1.29, 1.82) is 0 Å². The second-order valence-electron chi connectivity index (χ2n) is 4.60. The van der Waals surface area contributed by atoms with E-state index in [-0.39, 0.29) is 23.0 Å². The minimum Gasteiger partial charge on any atom is -0.490 e. The molecule has 0 radical (unpaired) electrons. The van der Waals surface area contributed by atoms with Crippen molar-refractivity contribution in [2.24, 2.45) is 0 Å². The first-order valence-electron chi connectivity index (χ1n) is 6.68. The van der Waals surface area contributed by atoms with Gasteiger partial charge in [-0.1, -0.05) is 6.92 Å². The molecule has 0 aromatic heterocycles. The van der Waals surface area contributed by atoms with Gasteiger partial charge in [0.15, 0.2) is 12.4 Å². The normalized spacial score (nSPS) is 11.4. The van der Waals surface area contributed by atoms with E-state index in [4.69, 9.17) is 9.47 Å². The molecule has 0 aliphatic heterocycles. The van der Waals surface area contributed by atoms with Crippen LogP contribution in [0.1, 0.15) is 30.6 Å². The number of hydrogen-bond donors (Lipinski definition) is 1. The van der Waals surface area contributed by atoms with Crippen LogP contribution in [0.2, 0.25) is 0 Å². The van der Waals surface area contributed by atoms with E-state index in [1.54, 1.807) is 0 Å². The molecule has 1 N–H and O–H groups in total. The lowest BCUT2D eigenvalue weighted by Gasteiger charge is -2.11. The third kappa shape index (κ3) is 4.72. The van der Waals surface area contributed by atoms with Crippen molar-refractivity contribution in [2.45, 2.75) is 26.3 Å². The summed E-state index contributed by atoms with van der Waals surface area (Å²) in [4.78, 5) is 33.5. The van der Waals surface area contributed by atoms with E-state index in [9.17, 15) is 19.7 Å². The maximum Gasteiger partial charge on any atom is 0.338 e. The smallest absolute Gasteiger partial charge is 0.338 e. The van der Waals surface area contributed by atoms with Crippen LogP contribution in [0.5, 0.6) is 5.75 Å². The van der Waals surface area contributed by atoms with Gasteiger partial charge in [0, 0.05) is 12.1 Å². The van der Waals surface area contributed by atoms with E-state index in [1.807, 2.05) is 13.8 Å². The average molecular weight is 310 g/mol. The Bertz CT molecular complexity index is 572. The maximum atomic E-state index is 11.8. The minimum absolute atomic E-state index is 0.0201. The molecule has 22 heavy (non-hydrogen) atoms. The fourth-order valence-corrected chi connectivity index (χ4v) is 1.59. The lowest BCUT2D eigenvalue weighted by Crippen LogP contribution is -2.35. The highest BCUT2D eigenvalue weighted by molar-refractivity contribution is 5.92. The van der Waals surface area contributed by atoms with Gasteiger partial charge in [-0.05, 0) is 25.5 Å². The van der Waals surface area contributed by atoms with Crippen molar-refractivity contribution in [1.82, 2.24) is 5.32 Å². The topological polar surface area (TPSA) is 108 Å². The Balaban J connectivity index is 2.72. The summed E-state index contributed by atoms with van der Waals surface area (Å²) >= 11 is 0. The van der Waals surface area contributed by atoms with E-state index in [0.717, 1.165) is 12.5 Å². The molecule has 8 heteroatoms. The average Bonchev–Trinajstić information content (AvgIpc) is 2.51. The van der Waals surface area contributed by atoms with Gasteiger partial charge in [0.25, 0.3) is 5.91 Å². The molecular weight excluding hydrogens is 292 g/mol. The highest BCUT2D eigenvalue weighted by Gasteiger charge is 2.19. The molecule has 0 spiro atoms. The monoisotopic (exact) mass is 310 g/mol. The van der Waals surface area contributed by atoms with E-state index in [0.29, 0.717) is 0 Å². The first kappa shape index (κ1) is 17.4. The summed E-state index contributed by atoms with van der Waals surface area (Å²) in [5.41, 5.74) is -0.371. The number of rotatable bonds is 7. The fourth-order valence-electron chi connectivity index (χ4n) is 1.59. The standard InChI is InChI=1S/C14H18N2O6/c1-4-9(2)15-13(17)8-22-14(18)10-5-6-12(21-3)11(7-10)16(19)20/h5-7,9H,4,8H2,1-3H3,(H,15,17)/t9-/m1/s1. The fraction of sp³-hybridized carbons (Fsp3) is 0.429. The lowest BCUT2D eigenvalue weighted by molar-refractivity contribution is -0.385. The number of nitro benzene ring substituents is 1. The minimum atomic E-state index is -0.815. The Morgan fingerprint density at radius 3 is 2.64 bits per heavy atom. The van der Waals surface area contributed by atoms with Crippen LogP contribution in [-0.4, -0.2) is 36.6 Å². The van der Waals surface area contributed by atoms with Gasteiger partial charge in [-0.25, -0.2) is 4.79 Å². The zero-order valence-corrected chi connectivity index (χ0v) is 12.6. The highest BCUT2D eigenvalue weighted by atomic mass is 16.6. The van der Waals surface area contributed by atoms with E-state index in [1.165, 1.54) is 19.2 Å². The van der Waals surface area contributed by atoms with Gasteiger partial charge in [-0.15, -0.1) is 0 Å². The largest absolute Gasteiger partial charge is 0.490 e. The molecule has 0 fully saturated rings. The third-order valence-electron chi connectivity index (χ3n) is 2.97. The molecule has 0 heterocycles. The number of esters is 1. The molecule has 120 valence electrons. The van der Waals surface area contributed by atoms with Gasteiger partial charge in [0.2, 0.25) is 0 Å². The van der Waals surface area contributed by atoms with E-state index >= 15 is 0 Å². The maximum absolute atomic E-state index is 11.8. The Hall–Kier alpha value is -2.64. The van der Waals surface area contributed by atoms with Gasteiger partial charge in [0.05, 0.1) is 17.6 Å². The Morgan fingerprint density at radius 1 is 1.41 bits per heavy atom. The summed E-state index contributed by atoms with van der Waals surface area (Å²) < 4.78 is 9.67. The number of nitrogens with zero attached hydrogens (tertiary/aromatic N) is 1. The van der Waals surface area contributed by atoms with E-state index in [2.05, 4.69) is 5.32 Å². The van der Waals surface area contributed by atoms with Gasteiger partial charge in [0.1, 0.15) is 0 Å². The molecule has 0 saturated carbocycles. The molecule has 1 aromatic rings. The molecular formula is C14H18N2O6. The van der Waals surface area contributed by atoms with Gasteiger partial charge < -0.3 is 14.8 Å². The number of nitro groups is 1. The van der Waals surface area contributed by atoms with Gasteiger partial charge in [-0.2, -0.15) is 0 Å². The molecule has 1 rings (SSSR count). The molecule has 0 aliphatic carbocycles. The number of ether oxygens (including phenoxy) is 2.